The molecule has 0 amide bonds. The van der Waals surface area contributed by atoms with Gasteiger partial charge in [-0.05, 0) is 37.1 Å². The molecule has 0 spiro atoms. The summed E-state index contributed by atoms with van der Waals surface area (Å²) in [6.07, 6.45) is 2.37. The lowest BCUT2D eigenvalue weighted by Gasteiger charge is -2.12. The van der Waals surface area contributed by atoms with Crippen molar-refractivity contribution in [2.24, 2.45) is 0 Å². The molecule has 1 aromatic rings. The summed E-state index contributed by atoms with van der Waals surface area (Å²) in [6.45, 7) is 4.52. The fourth-order valence-electron chi connectivity index (χ4n) is 1.68. The van der Waals surface area contributed by atoms with Gasteiger partial charge in [0.2, 0.25) is 0 Å². The van der Waals surface area contributed by atoms with Crippen molar-refractivity contribution in [2.45, 2.75) is 32.7 Å². The van der Waals surface area contributed by atoms with Gasteiger partial charge in [-0.3, -0.25) is 0 Å². The van der Waals surface area contributed by atoms with E-state index in [4.69, 9.17) is 14.7 Å². The molecule has 0 bridgehead atoms. The summed E-state index contributed by atoms with van der Waals surface area (Å²) in [5, 5.41) is 11.8. The zero-order valence-electron chi connectivity index (χ0n) is 11.7. The van der Waals surface area contributed by atoms with E-state index in [1.165, 1.54) is 5.56 Å². The first kappa shape index (κ1) is 15.3. The van der Waals surface area contributed by atoms with Crippen molar-refractivity contribution < 1.29 is 9.47 Å². The molecule has 0 saturated heterocycles. The van der Waals surface area contributed by atoms with Crippen LogP contribution in [0.5, 0.6) is 11.5 Å². The summed E-state index contributed by atoms with van der Waals surface area (Å²) in [7, 11) is 1.64. The van der Waals surface area contributed by atoms with Crippen LogP contribution < -0.4 is 14.8 Å². The largest absolute Gasteiger partial charge is 0.493 e. The smallest absolute Gasteiger partial charge is 0.161 e. The highest BCUT2D eigenvalue weighted by Gasteiger charge is 2.05. The van der Waals surface area contributed by atoms with E-state index in [1.54, 1.807) is 7.11 Å². The first-order valence-electron chi connectivity index (χ1n) is 6.69. The molecule has 4 nitrogen and oxygen atoms in total. The first-order valence-corrected chi connectivity index (χ1v) is 6.69. The average molecular weight is 262 g/mol. The van der Waals surface area contributed by atoms with Crippen LogP contribution in [0.4, 0.5) is 0 Å². The molecule has 0 aliphatic rings. The fraction of sp³-hybridized carbons (Fsp3) is 0.533. The molecule has 0 saturated carbocycles. The third-order valence-corrected chi connectivity index (χ3v) is 2.67. The number of nitrogens with zero attached hydrogens (tertiary/aromatic N) is 1. The number of unbranched alkanes of at least 4 members (excludes halogenated alkanes) is 1. The van der Waals surface area contributed by atoms with E-state index in [2.05, 4.69) is 18.3 Å². The van der Waals surface area contributed by atoms with E-state index in [-0.39, 0.29) is 0 Å². The maximum Gasteiger partial charge on any atom is 0.161 e. The van der Waals surface area contributed by atoms with Crippen molar-refractivity contribution in [3.8, 4) is 17.6 Å². The second-order valence-corrected chi connectivity index (χ2v) is 4.27. The Labute approximate surface area is 115 Å². The van der Waals surface area contributed by atoms with Crippen molar-refractivity contribution in [2.75, 3.05) is 20.3 Å². The Kier molecular flexibility index (Phi) is 7.45. The van der Waals surface area contributed by atoms with Gasteiger partial charge in [-0.15, -0.1) is 0 Å². The molecule has 0 fully saturated rings. The SMILES string of the molecule is CCCNCc1ccc(OCCCC#N)c(OC)c1. The Balaban J connectivity index is 2.55. The van der Waals surface area contributed by atoms with Crippen LogP contribution in [0.15, 0.2) is 18.2 Å². The van der Waals surface area contributed by atoms with Crippen LogP contribution >= 0.6 is 0 Å². The lowest BCUT2D eigenvalue weighted by molar-refractivity contribution is 0.290. The molecule has 1 rings (SSSR count). The van der Waals surface area contributed by atoms with Crippen LogP contribution in [0, 0.1) is 11.3 Å². The predicted octanol–water partition coefficient (Wildman–Crippen LogP) is 2.88. The number of hydrogen-bond donors (Lipinski definition) is 1. The second kappa shape index (κ2) is 9.23. The van der Waals surface area contributed by atoms with Crippen LogP contribution in [-0.4, -0.2) is 20.3 Å². The topological polar surface area (TPSA) is 54.3 Å². The molecule has 0 aliphatic heterocycles. The molecular weight excluding hydrogens is 240 g/mol. The molecule has 104 valence electrons. The van der Waals surface area contributed by atoms with Crippen LogP contribution in [-0.2, 0) is 6.54 Å². The minimum Gasteiger partial charge on any atom is -0.493 e. The van der Waals surface area contributed by atoms with E-state index < -0.39 is 0 Å². The Bertz CT molecular complexity index is 413. The van der Waals surface area contributed by atoms with Crippen LogP contribution in [0.2, 0.25) is 0 Å². The van der Waals surface area contributed by atoms with Crippen LogP contribution in [0.3, 0.4) is 0 Å². The molecule has 0 atom stereocenters. The Morgan fingerprint density at radius 1 is 1.32 bits per heavy atom. The van der Waals surface area contributed by atoms with Gasteiger partial charge in [0.05, 0.1) is 19.8 Å². The fourth-order valence-corrected chi connectivity index (χ4v) is 1.68. The second-order valence-electron chi connectivity index (χ2n) is 4.27. The summed E-state index contributed by atoms with van der Waals surface area (Å²) in [6, 6.07) is 8.05. The molecule has 0 unspecified atom stereocenters. The number of benzene rings is 1. The molecular formula is C15H22N2O2. The highest BCUT2D eigenvalue weighted by atomic mass is 16.5. The number of hydrogen-bond acceptors (Lipinski definition) is 4. The van der Waals surface area contributed by atoms with Gasteiger partial charge in [0, 0.05) is 13.0 Å². The molecule has 1 N–H and O–H groups in total. The maximum atomic E-state index is 8.47. The van der Waals surface area contributed by atoms with Gasteiger partial charge in [0.25, 0.3) is 0 Å². The minimum absolute atomic E-state index is 0.515. The number of rotatable bonds is 9. The summed E-state index contributed by atoms with van der Waals surface area (Å²) >= 11 is 0. The zero-order valence-corrected chi connectivity index (χ0v) is 11.7. The monoisotopic (exact) mass is 262 g/mol. The summed E-state index contributed by atoms with van der Waals surface area (Å²) in [4.78, 5) is 0. The van der Waals surface area contributed by atoms with Gasteiger partial charge in [-0.2, -0.15) is 5.26 Å². The Morgan fingerprint density at radius 3 is 2.84 bits per heavy atom. The predicted molar refractivity (Wildman–Crippen MR) is 75.3 cm³/mol. The Morgan fingerprint density at radius 2 is 2.16 bits per heavy atom. The quantitative estimate of drug-likeness (QED) is 0.695. The minimum atomic E-state index is 0.515. The highest BCUT2D eigenvalue weighted by molar-refractivity contribution is 5.42. The zero-order chi connectivity index (χ0) is 13.9. The van der Waals surface area contributed by atoms with Gasteiger partial charge in [0.1, 0.15) is 0 Å². The number of nitriles is 1. The summed E-state index contributed by atoms with van der Waals surface area (Å²) in [5.74, 6) is 1.48. The van der Waals surface area contributed by atoms with Crippen molar-refractivity contribution >= 4 is 0 Å². The lowest BCUT2D eigenvalue weighted by Crippen LogP contribution is -2.13. The van der Waals surface area contributed by atoms with Crippen molar-refractivity contribution in [3.63, 3.8) is 0 Å². The summed E-state index contributed by atoms with van der Waals surface area (Å²) in [5.41, 5.74) is 1.18. The number of methoxy groups -OCH3 is 1. The number of ether oxygens (including phenoxy) is 2. The average Bonchev–Trinajstić information content (AvgIpc) is 2.44. The summed E-state index contributed by atoms with van der Waals surface area (Å²) < 4.78 is 10.9. The first-order chi connectivity index (χ1) is 9.31. The highest BCUT2D eigenvalue weighted by Crippen LogP contribution is 2.28. The van der Waals surface area contributed by atoms with Gasteiger partial charge >= 0.3 is 0 Å². The van der Waals surface area contributed by atoms with Crippen molar-refractivity contribution in [1.29, 1.82) is 5.26 Å². The van der Waals surface area contributed by atoms with E-state index in [0.29, 0.717) is 13.0 Å². The molecule has 0 heterocycles. The van der Waals surface area contributed by atoms with Gasteiger partial charge in [-0.1, -0.05) is 13.0 Å². The molecule has 4 heteroatoms. The lowest BCUT2D eigenvalue weighted by atomic mass is 10.2. The van der Waals surface area contributed by atoms with Crippen molar-refractivity contribution in [3.05, 3.63) is 23.8 Å². The molecule has 19 heavy (non-hydrogen) atoms. The number of nitrogens with one attached hydrogen (secondary N) is 1. The van der Waals surface area contributed by atoms with Gasteiger partial charge < -0.3 is 14.8 Å². The van der Waals surface area contributed by atoms with Gasteiger partial charge in [0.15, 0.2) is 11.5 Å². The van der Waals surface area contributed by atoms with E-state index >= 15 is 0 Å². The molecule has 1 aromatic carbocycles. The van der Waals surface area contributed by atoms with Crippen LogP contribution in [0.25, 0.3) is 0 Å². The molecule has 0 radical (unpaired) electrons. The standard InChI is InChI=1S/C15H22N2O2/c1-3-9-17-12-13-6-7-14(15(11-13)18-2)19-10-5-4-8-16/h6-7,11,17H,3-5,9-10,12H2,1-2H3. The normalized spacial score (nSPS) is 9.95. The van der Waals surface area contributed by atoms with Crippen molar-refractivity contribution in [1.82, 2.24) is 5.32 Å². The molecule has 0 aromatic heterocycles. The Hall–Kier alpha value is -1.73. The van der Waals surface area contributed by atoms with Crippen LogP contribution in [0.1, 0.15) is 31.7 Å². The maximum absolute atomic E-state index is 8.47. The third-order valence-electron chi connectivity index (χ3n) is 2.67. The van der Waals surface area contributed by atoms with E-state index in [9.17, 15) is 0 Å². The molecule has 0 aliphatic carbocycles. The van der Waals surface area contributed by atoms with E-state index in [0.717, 1.165) is 37.4 Å². The third kappa shape index (κ3) is 5.62. The van der Waals surface area contributed by atoms with E-state index in [1.807, 2.05) is 18.2 Å². The van der Waals surface area contributed by atoms with Gasteiger partial charge in [-0.25, -0.2) is 0 Å².